The predicted molar refractivity (Wildman–Crippen MR) is 70.8 cm³/mol. The fourth-order valence-electron chi connectivity index (χ4n) is 2.03. The average Bonchev–Trinajstić information content (AvgIpc) is 2.35. The topological polar surface area (TPSA) is 29.1 Å². The number of benzene rings is 2. The fourth-order valence-corrected chi connectivity index (χ4v) is 2.03. The molecule has 0 aliphatic heterocycles. The number of carbonyl (C=O) groups is 1. The van der Waals surface area contributed by atoms with Crippen LogP contribution in [0.15, 0.2) is 36.4 Å². The number of hydrogen-bond acceptors (Lipinski definition) is 1. The molecule has 1 N–H and O–H groups in total. The van der Waals surface area contributed by atoms with Crippen LogP contribution in [0, 0.1) is 0 Å². The van der Waals surface area contributed by atoms with Crippen molar-refractivity contribution in [3.8, 4) is 0 Å². The second kappa shape index (κ2) is 5.00. The van der Waals surface area contributed by atoms with Crippen molar-refractivity contribution in [1.29, 1.82) is 0 Å². The molecule has 0 aliphatic carbocycles. The fraction of sp³-hybridized carbons (Fsp3) is 0.267. The van der Waals surface area contributed by atoms with Crippen LogP contribution < -0.4 is 5.32 Å². The Labute approximate surface area is 102 Å². The molecule has 2 aromatic rings. The molecule has 2 nitrogen and oxygen atoms in total. The number of nitrogens with one attached hydrogen (secondary N) is 1. The van der Waals surface area contributed by atoms with Crippen LogP contribution in [0.1, 0.15) is 25.0 Å². The molecule has 0 bridgehead atoms. The highest BCUT2D eigenvalue weighted by atomic mass is 16.1. The summed E-state index contributed by atoms with van der Waals surface area (Å²) in [4.78, 5) is 11.0. The van der Waals surface area contributed by atoms with E-state index < -0.39 is 0 Å². The van der Waals surface area contributed by atoms with Crippen LogP contribution in [-0.4, -0.2) is 5.91 Å². The minimum Gasteiger partial charge on any atom is -0.352 e. The number of hydrogen-bond donors (Lipinski definition) is 1. The van der Waals surface area contributed by atoms with Crippen LogP contribution in [0.4, 0.5) is 0 Å². The third kappa shape index (κ3) is 2.64. The highest BCUT2D eigenvalue weighted by Crippen LogP contribution is 2.21. The number of rotatable bonds is 3. The van der Waals surface area contributed by atoms with Gasteiger partial charge in [0, 0.05) is 13.5 Å². The van der Waals surface area contributed by atoms with Crippen LogP contribution in [0.3, 0.4) is 0 Å². The van der Waals surface area contributed by atoms with Gasteiger partial charge in [-0.3, -0.25) is 4.79 Å². The molecule has 1 amide bonds. The van der Waals surface area contributed by atoms with Crippen molar-refractivity contribution in [3.05, 3.63) is 47.5 Å². The van der Waals surface area contributed by atoms with E-state index in [9.17, 15) is 4.79 Å². The van der Waals surface area contributed by atoms with Crippen LogP contribution >= 0.6 is 0 Å². The van der Waals surface area contributed by atoms with E-state index in [-0.39, 0.29) is 5.91 Å². The van der Waals surface area contributed by atoms with Crippen molar-refractivity contribution in [2.75, 3.05) is 0 Å². The van der Waals surface area contributed by atoms with Gasteiger partial charge in [0.05, 0.1) is 0 Å². The van der Waals surface area contributed by atoms with E-state index in [4.69, 9.17) is 0 Å². The maximum Gasteiger partial charge on any atom is 0.217 e. The molecule has 0 heterocycles. The summed E-state index contributed by atoms with van der Waals surface area (Å²) in [6.07, 6.45) is 1.01. The normalized spacial score (nSPS) is 10.5. The molecule has 17 heavy (non-hydrogen) atoms. The first-order chi connectivity index (χ1) is 8.20. The highest BCUT2D eigenvalue weighted by Gasteiger charge is 2.03. The summed E-state index contributed by atoms with van der Waals surface area (Å²) in [6.45, 7) is 4.29. The first kappa shape index (κ1) is 11.6. The van der Waals surface area contributed by atoms with E-state index in [1.165, 1.54) is 21.9 Å². The Kier molecular flexibility index (Phi) is 3.43. The number of aryl methyl sites for hydroxylation is 1. The van der Waals surface area contributed by atoms with Gasteiger partial charge in [0.1, 0.15) is 0 Å². The van der Waals surface area contributed by atoms with Crippen molar-refractivity contribution in [1.82, 2.24) is 5.32 Å². The molecule has 0 aromatic heterocycles. The lowest BCUT2D eigenvalue weighted by Crippen LogP contribution is -2.19. The van der Waals surface area contributed by atoms with Crippen molar-refractivity contribution in [2.24, 2.45) is 0 Å². The quantitative estimate of drug-likeness (QED) is 0.858. The lowest BCUT2D eigenvalue weighted by Gasteiger charge is -2.10. The zero-order valence-corrected chi connectivity index (χ0v) is 10.3. The van der Waals surface area contributed by atoms with Crippen molar-refractivity contribution in [3.63, 3.8) is 0 Å². The molecule has 0 radical (unpaired) electrons. The Morgan fingerprint density at radius 3 is 2.71 bits per heavy atom. The van der Waals surface area contributed by atoms with E-state index in [0.717, 1.165) is 6.42 Å². The van der Waals surface area contributed by atoms with E-state index in [1.807, 2.05) is 12.1 Å². The highest BCUT2D eigenvalue weighted by molar-refractivity contribution is 5.87. The summed E-state index contributed by atoms with van der Waals surface area (Å²) in [5.74, 6) is 0.0102. The summed E-state index contributed by atoms with van der Waals surface area (Å²) >= 11 is 0. The SMILES string of the molecule is CCc1cc(CNC(C)=O)c2ccccc2c1. The van der Waals surface area contributed by atoms with Crippen molar-refractivity contribution < 1.29 is 4.79 Å². The van der Waals surface area contributed by atoms with Gasteiger partial charge in [-0.1, -0.05) is 43.3 Å². The Hall–Kier alpha value is -1.83. The van der Waals surface area contributed by atoms with Gasteiger partial charge in [-0.2, -0.15) is 0 Å². The third-order valence-electron chi connectivity index (χ3n) is 2.94. The zero-order valence-electron chi connectivity index (χ0n) is 10.3. The third-order valence-corrected chi connectivity index (χ3v) is 2.94. The van der Waals surface area contributed by atoms with E-state index in [1.54, 1.807) is 6.92 Å². The Bertz CT molecular complexity index is 546. The van der Waals surface area contributed by atoms with Crippen LogP contribution in [0.2, 0.25) is 0 Å². The van der Waals surface area contributed by atoms with Gasteiger partial charge < -0.3 is 5.32 Å². The molecule has 2 aromatic carbocycles. The molecule has 88 valence electrons. The second-order valence-corrected chi connectivity index (χ2v) is 4.24. The minimum atomic E-state index is 0.0102. The molecule has 2 rings (SSSR count). The summed E-state index contributed by atoms with van der Waals surface area (Å²) in [7, 11) is 0. The Morgan fingerprint density at radius 1 is 1.24 bits per heavy atom. The van der Waals surface area contributed by atoms with Crippen LogP contribution in [-0.2, 0) is 17.8 Å². The Balaban J connectivity index is 2.46. The molecule has 0 atom stereocenters. The summed E-state index contributed by atoms with van der Waals surface area (Å²) in [5.41, 5.74) is 2.50. The smallest absolute Gasteiger partial charge is 0.217 e. The summed E-state index contributed by atoms with van der Waals surface area (Å²) < 4.78 is 0. The largest absolute Gasteiger partial charge is 0.352 e. The molecular formula is C15H17NO. The average molecular weight is 227 g/mol. The van der Waals surface area contributed by atoms with Gasteiger partial charge >= 0.3 is 0 Å². The summed E-state index contributed by atoms with van der Waals surface area (Å²) in [6, 6.07) is 12.7. The standard InChI is InChI=1S/C15H17NO/c1-3-12-8-13-6-4-5-7-15(13)14(9-12)10-16-11(2)17/h4-9H,3,10H2,1-2H3,(H,16,17). The van der Waals surface area contributed by atoms with Gasteiger partial charge in [0.15, 0.2) is 0 Å². The molecule has 0 spiro atoms. The predicted octanol–water partition coefficient (Wildman–Crippen LogP) is 3.04. The number of fused-ring (bicyclic) bond motifs is 1. The lowest BCUT2D eigenvalue weighted by molar-refractivity contribution is -0.119. The first-order valence-corrected chi connectivity index (χ1v) is 5.95. The van der Waals surface area contributed by atoms with E-state index in [0.29, 0.717) is 6.54 Å². The first-order valence-electron chi connectivity index (χ1n) is 5.95. The molecule has 0 unspecified atom stereocenters. The maximum absolute atomic E-state index is 11.0. The molecule has 2 heteroatoms. The van der Waals surface area contributed by atoms with Gasteiger partial charge in [-0.05, 0) is 28.3 Å². The van der Waals surface area contributed by atoms with Gasteiger partial charge in [-0.25, -0.2) is 0 Å². The number of amides is 1. The summed E-state index contributed by atoms with van der Waals surface area (Å²) in [5, 5.41) is 5.33. The van der Waals surface area contributed by atoms with E-state index in [2.05, 4.69) is 36.5 Å². The molecule has 0 saturated heterocycles. The van der Waals surface area contributed by atoms with Gasteiger partial charge in [0.2, 0.25) is 5.91 Å². The van der Waals surface area contributed by atoms with Gasteiger partial charge in [-0.15, -0.1) is 0 Å². The van der Waals surface area contributed by atoms with Crippen LogP contribution in [0.5, 0.6) is 0 Å². The zero-order chi connectivity index (χ0) is 12.3. The minimum absolute atomic E-state index is 0.0102. The Morgan fingerprint density at radius 2 is 2.00 bits per heavy atom. The van der Waals surface area contributed by atoms with Crippen molar-refractivity contribution >= 4 is 16.7 Å². The molecule has 0 fully saturated rings. The molecule has 0 saturated carbocycles. The second-order valence-electron chi connectivity index (χ2n) is 4.24. The molecule has 0 aliphatic rings. The monoisotopic (exact) mass is 227 g/mol. The van der Waals surface area contributed by atoms with E-state index >= 15 is 0 Å². The van der Waals surface area contributed by atoms with Crippen LogP contribution in [0.25, 0.3) is 10.8 Å². The van der Waals surface area contributed by atoms with Gasteiger partial charge in [0.25, 0.3) is 0 Å². The van der Waals surface area contributed by atoms with Crippen molar-refractivity contribution in [2.45, 2.75) is 26.8 Å². The lowest BCUT2D eigenvalue weighted by atomic mass is 9.99. The molecular weight excluding hydrogens is 210 g/mol. The maximum atomic E-state index is 11.0. The number of carbonyl (C=O) groups excluding carboxylic acids is 1.